The van der Waals surface area contributed by atoms with Crippen LogP contribution >= 0.6 is 11.6 Å². The maximum atomic E-state index is 11.8. The number of aromatic nitrogens is 1. The normalized spacial score (nSPS) is 11.8. The Hall–Kier alpha value is -0.810. The van der Waals surface area contributed by atoms with Crippen molar-refractivity contribution in [1.82, 2.24) is 4.98 Å². The maximum absolute atomic E-state index is 11.8. The molecule has 0 radical (unpaired) electrons. The molecule has 0 atom stereocenters. The predicted molar refractivity (Wildman–Crippen MR) is 49.4 cm³/mol. The molecule has 1 aromatic rings. The molecule has 0 aromatic carbocycles. The fraction of sp³-hybridized carbons (Fsp3) is 0.444. The fourth-order valence-corrected chi connectivity index (χ4v) is 1.34. The van der Waals surface area contributed by atoms with E-state index in [1.807, 2.05) is 0 Å². The quantitative estimate of drug-likeness (QED) is 0.756. The van der Waals surface area contributed by atoms with Gasteiger partial charge in [-0.05, 0) is 24.1 Å². The van der Waals surface area contributed by atoms with Crippen molar-refractivity contribution in [1.29, 1.82) is 0 Å². The first-order valence-electron chi connectivity index (χ1n) is 4.14. The maximum Gasteiger partial charge on any atom is 0.522 e. The van der Waals surface area contributed by atoms with Crippen LogP contribution in [-0.2, 0) is 17.2 Å². The number of hydrogen-bond donors (Lipinski definition) is 0. The third kappa shape index (κ3) is 3.68. The first kappa shape index (κ1) is 12.3. The lowest BCUT2D eigenvalue weighted by Gasteiger charge is -2.10. The topological polar surface area (TPSA) is 22.1 Å². The van der Waals surface area contributed by atoms with Gasteiger partial charge in [0.2, 0.25) is 0 Å². The Morgan fingerprint density at radius 3 is 2.67 bits per heavy atom. The molecule has 0 amide bonds. The first-order chi connectivity index (χ1) is 6.94. The van der Waals surface area contributed by atoms with Crippen molar-refractivity contribution in [3.63, 3.8) is 0 Å². The molecule has 1 aromatic heterocycles. The molecule has 0 fully saturated rings. The minimum atomic E-state index is -4.61. The Labute approximate surface area is 90.0 Å². The van der Waals surface area contributed by atoms with Gasteiger partial charge >= 0.3 is 6.36 Å². The average molecular weight is 240 g/mol. The highest BCUT2D eigenvalue weighted by Crippen LogP contribution is 2.21. The van der Waals surface area contributed by atoms with E-state index < -0.39 is 13.0 Å². The standard InChI is InChI=1S/C9H9ClF3NO/c1-6-7(5-15-9(11,12)13)2-3-14-8(6)4-10/h2-3H,4-5H2,1H3. The van der Waals surface area contributed by atoms with Crippen LogP contribution in [0.15, 0.2) is 12.3 Å². The zero-order valence-corrected chi connectivity index (χ0v) is 8.69. The van der Waals surface area contributed by atoms with Gasteiger partial charge in [0, 0.05) is 6.20 Å². The van der Waals surface area contributed by atoms with Crippen LogP contribution in [0, 0.1) is 6.92 Å². The minimum absolute atomic E-state index is 0.172. The first-order valence-corrected chi connectivity index (χ1v) is 4.67. The summed E-state index contributed by atoms with van der Waals surface area (Å²) in [6.07, 6.45) is -3.20. The van der Waals surface area contributed by atoms with Gasteiger partial charge in [-0.15, -0.1) is 24.8 Å². The summed E-state index contributed by atoms with van der Waals surface area (Å²) in [4.78, 5) is 3.93. The smallest absolute Gasteiger partial charge is 0.287 e. The van der Waals surface area contributed by atoms with Gasteiger partial charge in [-0.25, -0.2) is 0 Å². The van der Waals surface area contributed by atoms with Crippen LogP contribution in [0.3, 0.4) is 0 Å². The van der Waals surface area contributed by atoms with Gasteiger partial charge in [0.05, 0.1) is 18.2 Å². The van der Waals surface area contributed by atoms with Gasteiger partial charge in [0.1, 0.15) is 0 Å². The van der Waals surface area contributed by atoms with Crippen LogP contribution < -0.4 is 0 Å². The van der Waals surface area contributed by atoms with Crippen molar-refractivity contribution >= 4 is 11.6 Å². The van der Waals surface area contributed by atoms with Crippen LogP contribution in [0.4, 0.5) is 13.2 Å². The zero-order valence-electron chi connectivity index (χ0n) is 7.94. The lowest BCUT2D eigenvalue weighted by molar-refractivity contribution is -0.330. The van der Waals surface area contributed by atoms with E-state index in [1.165, 1.54) is 12.3 Å². The molecule has 1 rings (SSSR count). The van der Waals surface area contributed by atoms with Gasteiger partial charge in [-0.2, -0.15) is 0 Å². The second-order valence-electron chi connectivity index (χ2n) is 2.91. The molecule has 0 N–H and O–H groups in total. The van der Waals surface area contributed by atoms with Crippen molar-refractivity contribution in [3.05, 3.63) is 29.1 Å². The van der Waals surface area contributed by atoms with Crippen LogP contribution in [0.2, 0.25) is 0 Å². The van der Waals surface area contributed by atoms with E-state index in [0.717, 1.165) is 0 Å². The SMILES string of the molecule is Cc1c(COC(F)(F)F)ccnc1CCl. The van der Waals surface area contributed by atoms with E-state index in [2.05, 4.69) is 9.72 Å². The molecule has 84 valence electrons. The van der Waals surface area contributed by atoms with Crippen molar-refractivity contribution < 1.29 is 17.9 Å². The second kappa shape index (κ2) is 4.81. The molecular weight excluding hydrogens is 231 g/mol. The summed E-state index contributed by atoms with van der Waals surface area (Å²) in [7, 11) is 0. The molecule has 2 nitrogen and oxygen atoms in total. The Kier molecular flexibility index (Phi) is 3.93. The van der Waals surface area contributed by atoms with E-state index in [0.29, 0.717) is 16.8 Å². The van der Waals surface area contributed by atoms with Gasteiger partial charge in [-0.1, -0.05) is 0 Å². The predicted octanol–water partition coefficient (Wildman–Crippen LogP) is 3.17. The summed E-state index contributed by atoms with van der Waals surface area (Å²) in [6, 6.07) is 1.48. The van der Waals surface area contributed by atoms with Crippen molar-refractivity contribution in [2.75, 3.05) is 0 Å². The number of pyridine rings is 1. The van der Waals surface area contributed by atoms with Gasteiger partial charge in [0.25, 0.3) is 0 Å². The average Bonchev–Trinajstić information content (AvgIpc) is 2.15. The summed E-state index contributed by atoms with van der Waals surface area (Å²) in [5, 5.41) is 0. The van der Waals surface area contributed by atoms with E-state index in [9.17, 15) is 13.2 Å². The molecule has 0 aliphatic heterocycles. The van der Waals surface area contributed by atoms with E-state index in [1.54, 1.807) is 6.92 Å². The number of ether oxygens (including phenoxy) is 1. The van der Waals surface area contributed by atoms with Crippen LogP contribution in [0.1, 0.15) is 16.8 Å². The Bertz CT molecular complexity index is 341. The zero-order chi connectivity index (χ0) is 11.5. The molecular formula is C9H9ClF3NO. The largest absolute Gasteiger partial charge is 0.522 e. The number of rotatable bonds is 3. The van der Waals surface area contributed by atoms with E-state index >= 15 is 0 Å². The van der Waals surface area contributed by atoms with Crippen LogP contribution in [-0.4, -0.2) is 11.3 Å². The van der Waals surface area contributed by atoms with Gasteiger partial charge < -0.3 is 0 Å². The summed E-state index contributed by atoms with van der Waals surface area (Å²) in [6.45, 7) is 1.15. The minimum Gasteiger partial charge on any atom is -0.287 e. The van der Waals surface area contributed by atoms with Crippen LogP contribution in [0.5, 0.6) is 0 Å². The summed E-state index contributed by atoms with van der Waals surface area (Å²) in [5.74, 6) is 0.172. The number of hydrogen-bond acceptors (Lipinski definition) is 2. The fourth-order valence-electron chi connectivity index (χ4n) is 1.08. The lowest BCUT2D eigenvalue weighted by Crippen LogP contribution is -2.13. The van der Waals surface area contributed by atoms with E-state index in [4.69, 9.17) is 11.6 Å². The number of nitrogens with zero attached hydrogens (tertiary/aromatic N) is 1. The molecule has 0 bridgehead atoms. The lowest BCUT2D eigenvalue weighted by atomic mass is 10.1. The molecule has 1 heterocycles. The third-order valence-electron chi connectivity index (χ3n) is 1.94. The highest BCUT2D eigenvalue weighted by Gasteiger charge is 2.29. The van der Waals surface area contributed by atoms with Crippen molar-refractivity contribution in [2.24, 2.45) is 0 Å². The summed E-state index contributed by atoms with van der Waals surface area (Å²) < 4.78 is 39.1. The molecule has 0 saturated carbocycles. The third-order valence-corrected chi connectivity index (χ3v) is 2.19. The number of halogens is 4. The molecule has 0 spiro atoms. The van der Waals surface area contributed by atoms with E-state index in [-0.39, 0.29) is 5.88 Å². The Morgan fingerprint density at radius 1 is 1.47 bits per heavy atom. The van der Waals surface area contributed by atoms with Gasteiger partial charge in [-0.3, -0.25) is 9.72 Å². The van der Waals surface area contributed by atoms with Crippen LogP contribution in [0.25, 0.3) is 0 Å². The van der Waals surface area contributed by atoms with Crippen molar-refractivity contribution in [3.8, 4) is 0 Å². The highest BCUT2D eigenvalue weighted by molar-refractivity contribution is 6.17. The Balaban J connectivity index is 2.78. The highest BCUT2D eigenvalue weighted by atomic mass is 35.5. The number of alkyl halides is 4. The molecule has 0 aliphatic rings. The molecule has 6 heteroatoms. The van der Waals surface area contributed by atoms with Crippen molar-refractivity contribution in [2.45, 2.75) is 25.8 Å². The summed E-state index contributed by atoms with van der Waals surface area (Å²) in [5.41, 5.74) is 1.65. The monoisotopic (exact) mass is 239 g/mol. The summed E-state index contributed by atoms with van der Waals surface area (Å²) >= 11 is 5.57. The Morgan fingerprint density at radius 2 is 2.13 bits per heavy atom. The molecule has 15 heavy (non-hydrogen) atoms. The molecule has 0 unspecified atom stereocenters. The van der Waals surface area contributed by atoms with Gasteiger partial charge in [0.15, 0.2) is 0 Å². The molecule has 0 aliphatic carbocycles. The molecule has 0 saturated heterocycles. The second-order valence-corrected chi connectivity index (χ2v) is 3.18.